The molecule has 0 bridgehead atoms. The minimum atomic E-state index is -1.11. The van der Waals surface area contributed by atoms with Crippen molar-refractivity contribution in [1.29, 1.82) is 0 Å². The number of likely N-dealkylation sites (N-methyl/N-ethyl adjacent to an activating group) is 1. The van der Waals surface area contributed by atoms with Gasteiger partial charge in [-0.25, -0.2) is 9.18 Å². The zero-order valence-corrected chi connectivity index (χ0v) is 11.1. The number of hydrogen-bond donors (Lipinski definition) is 1. The lowest BCUT2D eigenvalue weighted by molar-refractivity contribution is -0.131. The summed E-state index contributed by atoms with van der Waals surface area (Å²) in [6.45, 7) is 3.67. The minimum Gasteiger partial charge on any atom is -0.478 e. The van der Waals surface area contributed by atoms with E-state index >= 15 is 0 Å². The van der Waals surface area contributed by atoms with Crippen LogP contribution in [0.1, 0.15) is 12.5 Å². The lowest BCUT2D eigenvalue weighted by Gasteiger charge is -2.21. The molecule has 0 heterocycles. The van der Waals surface area contributed by atoms with Crippen molar-refractivity contribution in [3.8, 4) is 0 Å². The summed E-state index contributed by atoms with van der Waals surface area (Å²) in [4.78, 5) is 12.4. The van der Waals surface area contributed by atoms with E-state index in [-0.39, 0.29) is 5.56 Å². The summed E-state index contributed by atoms with van der Waals surface area (Å²) in [6, 6.07) is 4.65. The molecule has 0 amide bonds. The van der Waals surface area contributed by atoms with Gasteiger partial charge in [0.2, 0.25) is 0 Å². The van der Waals surface area contributed by atoms with Crippen LogP contribution in [-0.4, -0.2) is 37.9 Å². The fourth-order valence-electron chi connectivity index (χ4n) is 1.64. The van der Waals surface area contributed by atoms with E-state index < -0.39 is 11.8 Å². The molecule has 1 aromatic carbocycles. The third kappa shape index (κ3) is 4.71. The molecule has 1 N–H and O–H groups in total. The molecule has 0 aliphatic rings. The van der Waals surface area contributed by atoms with Crippen molar-refractivity contribution in [1.82, 2.24) is 0 Å². The SMILES string of the molecule is CCOCCN(C)c1cccc(F)c1/C=C/C(=O)O. The van der Waals surface area contributed by atoms with Crippen LogP contribution in [0.3, 0.4) is 0 Å². The molecule has 104 valence electrons. The number of anilines is 1. The Bertz CT molecular complexity index is 460. The molecule has 1 aromatic rings. The maximum atomic E-state index is 13.7. The summed E-state index contributed by atoms with van der Waals surface area (Å²) < 4.78 is 19.0. The van der Waals surface area contributed by atoms with Crippen LogP contribution in [0, 0.1) is 5.82 Å². The second-order valence-corrected chi connectivity index (χ2v) is 3.96. The van der Waals surface area contributed by atoms with Crippen molar-refractivity contribution in [2.45, 2.75) is 6.92 Å². The van der Waals surface area contributed by atoms with Gasteiger partial charge in [-0.15, -0.1) is 0 Å². The molecular formula is C14H18FNO3. The van der Waals surface area contributed by atoms with Gasteiger partial charge in [0, 0.05) is 37.5 Å². The van der Waals surface area contributed by atoms with E-state index in [1.807, 2.05) is 18.9 Å². The average molecular weight is 267 g/mol. The normalized spacial score (nSPS) is 10.9. The molecule has 0 radical (unpaired) electrons. The molecule has 0 unspecified atom stereocenters. The summed E-state index contributed by atoms with van der Waals surface area (Å²) in [5, 5.41) is 8.63. The number of aliphatic carboxylic acids is 1. The second kappa shape index (κ2) is 7.53. The zero-order valence-electron chi connectivity index (χ0n) is 11.1. The van der Waals surface area contributed by atoms with E-state index in [0.717, 1.165) is 6.08 Å². The number of carbonyl (C=O) groups is 1. The maximum absolute atomic E-state index is 13.7. The number of benzene rings is 1. The lowest BCUT2D eigenvalue weighted by atomic mass is 10.1. The van der Waals surface area contributed by atoms with E-state index in [0.29, 0.717) is 25.4 Å². The van der Waals surface area contributed by atoms with E-state index in [1.165, 1.54) is 12.1 Å². The third-order valence-electron chi connectivity index (χ3n) is 2.61. The quantitative estimate of drug-likeness (QED) is 0.609. The van der Waals surface area contributed by atoms with Gasteiger partial charge in [-0.05, 0) is 25.1 Å². The van der Waals surface area contributed by atoms with Gasteiger partial charge in [0.1, 0.15) is 5.82 Å². The van der Waals surface area contributed by atoms with Crippen molar-refractivity contribution in [2.75, 3.05) is 31.7 Å². The molecule has 1 rings (SSSR count). The van der Waals surface area contributed by atoms with Crippen molar-refractivity contribution in [3.63, 3.8) is 0 Å². The van der Waals surface area contributed by atoms with Gasteiger partial charge in [-0.2, -0.15) is 0 Å². The zero-order chi connectivity index (χ0) is 14.3. The molecule has 0 atom stereocenters. The van der Waals surface area contributed by atoms with E-state index in [1.54, 1.807) is 12.1 Å². The maximum Gasteiger partial charge on any atom is 0.328 e. The first kappa shape index (κ1) is 15.2. The summed E-state index contributed by atoms with van der Waals surface area (Å²) in [7, 11) is 1.81. The molecule has 0 aliphatic heterocycles. The summed E-state index contributed by atoms with van der Waals surface area (Å²) in [5.41, 5.74) is 0.904. The van der Waals surface area contributed by atoms with Crippen LogP contribution in [0.25, 0.3) is 6.08 Å². The Kier molecular flexibility index (Phi) is 6.02. The molecule has 0 aromatic heterocycles. The molecular weight excluding hydrogens is 249 g/mol. The fraction of sp³-hybridized carbons (Fsp3) is 0.357. The highest BCUT2D eigenvalue weighted by Gasteiger charge is 2.10. The highest BCUT2D eigenvalue weighted by atomic mass is 19.1. The Morgan fingerprint density at radius 1 is 1.53 bits per heavy atom. The van der Waals surface area contributed by atoms with Gasteiger partial charge in [-0.1, -0.05) is 6.07 Å². The monoisotopic (exact) mass is 267 g/mol. The van der Waals surface area contributed by atoms with E-state index in [2.05, 4.69) is 0 Å². The molecule has 0 saturated heterocycles. The molecule has 0 aliphatic carbocycles. The largest absolute Gasteiger partial charge is 0.478 e. The molecule has 0 spiro atoms. The number of ether oxygens (including phenoxy) is 1. The standard InChI is InChI=1S/C14H18FNO3/c1-3-19-10-9-16(2)13-6-4-5-12(15)11(13)7-8-14(17)18/h4-8H,3,9-10H2,1-2H3,(H,17,18)/b8-7+. The summed E-state index contributed by atoms with van der Waals surface area (Å²) in [5.74, 6) is -1.55. The smallest absolute Gasteiger partial charge is 0.328 e. The van der Waals surface area contributed by atoms with Gasteiger partial charge in [0.25, 0.3) is 0 Å². The fourth-order valence-corrected chi connectivity index (χ4v) is 1.64. The number of carboxylic acid groups (broad SMARTS) is 1. The number of nitrogens with zero attached hydrogens (tertiary/aromatic N) is 1. The van der Waals surface area contributed by atoms with Gasteiger partial charge in [-0.3, -0.25) is 0 Å². The first-order chi connectivity index (χ1) is 9.06. The Hall–Kier alpha value is -1.88. The van der Waals surface area contributed by atoms with Gasteiger partial charge < -0.3 is 14.7 Å². The Labute approximate surface area is 112 Å². The first-order valence-corrected chi connectivity index (χ1v) is 6.04. The van der Waals surface area contributed by atoms with Gasteiger partial charge >= 0.3 is 5.97 Å². The third-order valence-corrected chi connectivity index (χ3v) is 2.61. The first-order valence-electron chi connectivity index (χ1n) is 6.04. The highest BCUT2D eigenvalue weighted by Crippen LogP contribution is 2.23. The van der Waals surface area contributed by atoms with Crippen molar-refractivity contribution >= 4 is 17.7 Å². The van der Waals surface area contributed by atoms with Crippen LogP contribution in [0.2, 0.25) is 0 Å². The van der Waals surface area contributed by atoms with Crippen LogP contribution < -0.4 is 4.90 Å². The Morgan fingerprint density at radius 3 is 2.89 bits per heavy atom. The van der Waals surface area contributed by atoms with Crippen molar-refractivity contribution < 1.29 is 19.0 Å². The van der Waals surface area contributed by atoms with Crippen LogP contribution >= 0.6 is 0 Å². The van der Waals surface area contributed by atoms with Crippen LogP contribution in [0.15, 0.2) is 24.3 Å². The molecule has 0 saturated carbocycles. The Morgan fingerprint density at radius 2 is 2.26 bits per heavy atom. The number of carboxylic acids is 1. The summed E-state index contributed by atoms with van der Waals surface area (Å²) >= 11 is 0. The highest BCUT2D eigenvalue weighted by molar-refractivity contribution is 5.87. The molecule has 4 nitrogen and oxygen atoms in total. The molecule has 0 fully saturated rings. The lowest BCUT2D eigenvalue weighted by Crippen LogP contribution is -2.23. The van der Waals surface area contributed by atoms with Gasteiger partial charge in [0.05, 0.1) is 6.61 Å². The topological polar surface area (TPSA) is 49.8 Å². The van der Waals surface area contributed by atoms with Gasteiger partial charge in [0.15, 0.2) is 0 Å². The molecule has 19 heavy (non-hydrogen) atoms. The Balaban J connectivity index is 2.93. The van der Waals surface area contributed by atoms with E-state index in [9.17, 15) is 9.18 Å². The molecule has 5 heteroatoms. The predicted octanol–water partition coefficient (Wildman–Crippen LogP) is 2.40. The van der Waals surface area contributed by atoms with E-state index in [4.69, 9.17) is 9.84 Å². The van der Waals surface area contributed by atoms with Crippen LogP contribution in [0.4, 0.5) is 10.1 Å². The average Bonchev–Trinajstić information content (AvgIpc) is 2.37. The van der Waals surface area contributed by atoms with Crippen LogP contribution in [0.5, 0.6) is 0 Å². The number of halogens is 1. The van der Waals surface area contributed by atoms with Crippen molar-refractivity contribution in [2.24, 2.45) is 0 Å². The number of hydrogen-bond acceptors (Lipinski definition) is 3. The second-order valence-electron chi connectivity index (χ2n) is 3.96. The van der Waals surface area contributed by atoms with Crippen molar-refractivity contribution in [3.05, 3.63) is 35.7 Å². The van der Waals surface area contributed by atoms with Crippen LogP contribution in [-0.2, 0) is 9.53 Å². The number of rotatable bonds is 7. The minimum absolute atomic E-state index is 0.267. The predicted molar refractivity (Wildman–Crippen MR) is 72.8 cm³/mol. The summed E-state index contributed by atoms with van der Waals surface area (Å²) in [6.07, 6.45) is 2.20.